The maximum Gasteiger partial charge on any atom is 0.326 e. The standard InChI is InChI=1S/C14H19NO4S/c16-14(17)13(12-7-2-1-3-8-12)15-20(18,19)10-9-11-5-4-6-11/h1-3,7-8,11,13,15H,4-6,9-10H2,(H,16,17)/t13-/m1/s1. The molecule has 1 aliphatic carbocycles. The van der Waals surface area contributed by atoms with E-state index in [9.17, 15) is 18.3 Å². The Morgan fingerprint density at radius 2 is 1.95 bits per heavy atom. The van der Waals surface area contributed by atoms with Crippen molar-refractivity contribution in [2.45, 2.75) is 31.7 Å². The third kappa shape index (κ3) is 4.05. The monoisotopic (exact) mass is 297 g/mol. The van der Waals surface area contributed by atoms with E-state index in [1.54, 1.807) is 30.3 Å². The van der Waals surface area contributed by atoms with Crippen LogP contribution in [0.3, 0.4) is 0 Å². The summed E-state index contributed by atoms with van der Waals surface area (Å²) in [4.78, 5) is 11.3. The van der Waals surface area contributed by atoms with Gasteiger partial charge in [0.1, 0.15) is 6.04 Å². The summed E-state index contributed by atoms with van der Waals surface area (Å²) in [7, 11) is -3.58. The van der Waals surface area contributed by atoms with Crippen LogP contribution >= 0.6 is 0 Å². The van der Waals surface area contributed by atoms with E-state index in [2.05, 4.69) is 4.72 Å². The van der Waals surface area contributed by atoms with Crippen LogP contribution in [0, 0.1) is 5.92 Å². The quantitative estimate of drug-likeness (QED) is 0.805. The molecule has 2 rings (SSSR count). The van der Waals surface area contributed by atoms with E-state index in [-0.39, 0.29) is 5.75 Å². The molecule has 1 aromatic carbocycles. The highest BCUT2D eigenvalue weighted by molar-refractivity contribution is 7.89. The number of carbonyl (C=O) groups is 1. The molecular weight excluding hydrogens is 278 g/mol. The predicted octanol–water partition coefficient (Wildman–Crippen LogP) is 1.92. The van der Waals surface area contributed by atoms with E-state index in [1.165, 1.54) is 6.42 Å². The Labute approximate surface area is 119 Å². The number of benzene rings is 1. The lowest BCUT2D eigenvalue weighted by Crippen LogP contribution is -2.36. The first kappa shape index (κ1) is 15.0. The van der Waals surface area contributed by atoms with Crippen molar-refractivity contribution < 1.29 is 18.3 Å². The molecule has 6 heteroatoms. The van der Waals surface area contributed by atoms with Crippen LogP contribution in [-0.2, 0) is 14.8 Å². The van der Waals surface area contributed by atoms with Crippen LogP contribution < -0.4 is 4.72 Å². The molecule has 0 amide bonds. The van der Waals surface area contributed by atoms with Gasteiger partial charge in [-0.05, 0) is 17.9 Å². The molecule has 5 nitrogen and oxygen atoms in total. The first-order chi connectivity index (χ1) is 9.48. The Bertz CT molecular complexity index is 552. The lowest BCUT2D eigenvalue weighted by molar-refractivity contribution is -0.139. The zero-order chi connectivity index (χ0) is 14.6. The second kappa shape index (κ2) is 6.37. The summed E-state index contributed by atoms with van der Waals surface area (Å²) in [6, 6.07) is 7.12. The topological polar surface area (TPSA) is 83.5 Å². The lowest BCUT2D eigenvalue weighted by Gasteiger charge is -2.25. The van der Waals surface area contributed by atoms with Gasteiger partial charge in [0.05, 0.1) is 5.75 Å². The normalized spacial score (nSPS) is 17.4. The molecule has 2 N–H and O–H groups in total. The van der Waals surface area contributed by atoms with Gasteiger partial charge in [-0.1, -0.05) is 49.6 Å². The van der Waals surface area contributed by atoms with Gasteiger partial charge in [-0.2, -0.15) is 4.72 Å². The molecule has 20 heavy (non-hydrogen) atoms. The van der Waals surface area contributed by atoms with Crippen LogP contribution in [0.4, 0.5) is 0 Å². The molecule has 0 bridgehead atoms. The summed E-state index contributed by atoms with van der Waals surface area (Å²) in [5.41, 5.74) is 0.437. The van der Waals surface area contributed by atoms with E-state index >= 15 is 0 Å². The molecule has 1 atom stereocenters. The van der Waals surface area contributed by atoms with Gasteiger partial charge in [0, 0.05) is 0 Å². The molecule has 0 aromatic heterocycles. The first-order valence-corrected chi connectivity index (χ1v) is 8.41. The number of aliphatic carboxylic acids is 1. The Morgan fingerprint density at radius 3 is 2.45 bits per heavy atom. The molecule has 0 unspecified atom stereocenters. The zero-order valence-electron chi connectivity index (χ0n) is 11.2. The molecule has 1 fully saturated rings. The van der Waals surface area contributed by atoms with Crippen molar-refractivity contribution in [3.8, 4) is 0 Å². The third-order valence-electron chi connectivity index (χ3n) is 3.70. The van der Waals surface area contributed by atoms with Gasteiger partial charge in [-0.3, -0.25) is 4.79 Å². The molecule has 110 valence electrons. The van der Waals surface area contributed by atoms with Crippen LogP contribution in [0.2, 0.25) is 0 Å². The second-order valence-corrected chi connectivity index (χ2v) is 7.08. The van der Waals surface area contributed by atoms with Crippen LogP contribution in [0.15, 0.2) is 30.3 Å². The average molecular weight is 297 g/mol. The van der Waals surface area contributed by atoms with Crippen LogP contribution in [-0.4, -0.2) is 25.2 Å². The minimum Gasteiger partial charge on any atom is -0.480 e. The molecule has 1 saturated carbocycles. The molecule has 1 aromatic rings. The SMILES string of the molecule is O=C(O)[C@H](NS(=O)(=O)CCC1CCC1)c1ccccc1. The maximum absolute atomic E-state index is 12.0. The van der Waals surface area contributed by atoms with Crippen molar-refractivity contribution in [3.63, 3.8) is 0 Å². The fourth-order valence-electron chi connectivity index (χ4n) is 2.25. The zero-order valence-corrected chi connectivity index (χ0v) is 12.0. The van der Waals surface area contributed by atoms with Crippen LogP contribution in [0.5, 0.6) is 0 Å². The summed E-state index contributed by atoms with van der Waals surface area (Å²) >= 11 is 0. The van der Waals surface area contributed by atoms with Gasteiger partial charge in [-0.25, -0.2) is 8.42 Å². The van der Waals surface area contributed by atoms with E-state index in [0.717, 1.165) is 12.8 Å². The number of hydrogen-bond acceptors (Lipinski definition) is 3. The summed E-state index contributed by atoms with van der Waals surface area (Å²) in [6.07, 6.45) is 3.93. The van der Waals surface area contributed by atoms with Gasteiger partial charge in [0.2, 0.25) is 10.0 Å². The Hall–Kier alpha value is -1.40. The Balaban J connectivity index is 2.01. The molecule has 0 aliphatic heterocycles. The lowest BCUT2D eigenvalue weighted by atomic mass is 9.84. The molecule has 0 saturated heterocycles. The van der Waals surface area contributed by atoms with Gasteiger partial charge < -0.3 is 5.11 Å². The first-order valence-electron chi connectivity index (χ1n) is 6.76. The van der Waals surface area contributed by atoms with E-state index in [0.29, 0.717) is 17.9 Å². The molecule has 1 aliphatic rings. The van der Waals surface area contributed by atoms with Crippen molar-refractivity contribution in [2.75, 3.05) is 5.75 Å². The summed E-state index contributed by atoms with van der Waals surface area (Å²) in [5.74, 6) is -0.719. The van der Waals surface area contributed by atoms with Gasteiger partial charge in [0.25, 0.3) is 0 Å². The smallest absolute Gasteiger partial charge is 0.326 e. The van der Waals surface area contributed by atoms with Crippen LogP contribution in [0.25, 0.3) is 0 Å². The van der Waals surface area contributed by atoms with Gasteiger partial charge >= 0.3 is 5.97 Å². The van der Waals surface area contributed by atoms with E-state index in [4.69, 9.17) is 0 Å². The number of sulfonamides is 1. The average Bonchev–Trinajstić information content (AvgIpc) is 2.35. The highest BCUT2D eigenvalue weighted by Crippen LogP contribution is 2.29. The summed E-state index contributed by atoms with van der Waals surface area (Å²) < 4.78 is 26.3. The van der Waals surface area contributed by atoms with Gasteiger partial charge in [0.15, 0.2) is 0 Å². The third-order valence-corrected chi connectivity index (χ3v) is 5.06. The van der Waals surface area contributed by atoms with Crippen LogP contribution in [0.1, 0.15) is 37.3 Å². The number of carboxylic acids is 1. The van der Waals surface area contributed by atoms with Crippen molar-refractivity contribution in [1.29, 1.82) is 0 Å². The predicted molar refractivity (Wildman–Crippen MR) is 75.7 cm³/mol. The highest BCUT2D eigenvalue weighted by Gasteiger charge is 2.27. The molecule has 0 radical (unpaired) electrons. The number of rotatable bonds is 7. The fraction of sp³-hybridized carbons (Fsp3) is 0.500. The highest BCUT2D eigenvalue weighted by atomic mass is 32.2. The van der Waals surface area contributed by atoms with E-state index < -0.39 is 22.0 Å². The molecular formula is C14H19NO4S. The number of carboxylic acid groups (broad SMARTS) is 1. The summed E-state index contributed by atoms with van der Waals surface area (Å²) in [5, 5.41) is 9.20. The van der Waals surface area contributed by atoms with Crippen molar-refractivity contribution in [1.82, 2.24) is 4.72 Å². The maximum atomic E-state index is 12.0. The second-order valence-electron chi connectivity index (χ2n) is 5.20. The Kier molecular flexibility index (Phi) is 4.77. The Morgan fingerprint density at radius 1 is 1.30 bits per heavy atom. The van der Waals surface area contributed by atoms with Crippen molar-refractivity contribution >= 4 is 16.0 Å². The number of hydrogen-bond donors (Lipinski definition) is 2. The van der Waals surface area contributed by atoms with Crippen molar-refractivity contribution in [3.05, 3.63) is 35.9 Å². The van der Waals surface area contributed by atoms with Crippen molar-refractivity contribution in [2.24, 2.45) is 5.92 Å². The fourth-order valence-corrected chi connectivity index (χ4v) is 3.61. The molecule has 0 heterocycles. The minimum absolute atomic E-state index is 0.00567. The largest absolute Gasteiger partial charge is 0.480 e. The summed E-state index contributed by atoms with van der Waals surface area (Å²) in [6.45, 7) is 0. The number of nitrogens with one attached hydrogen (secondary N) is 1. The molecule has 0 spiro atoms. The minimum atomic E-state index is -3.58. The van der Waals surface area contributed by atoms with Gasteiger partial charge in [-0.15, -0.1) is 0 Å². The van der Waals surface area contributed by atoms with E-state index in [1.807, 2.05) is 0 Å².